The van der Waals surface area contributed by atoms with Crippen molar-refractivity contribution in [3.63, 3.8) is 0 Å². The van der Waals surface area contributed by atoms with Gasteiger partial charge in [-0.25, -0.2) is 0 Å². The molecule has 132 valence electrons. The third kappa shape index (κ3) is 3.12. The standard InChI is InChI=1S/C9H11.C9H13.C3H6.2ClH.Zr/c1-2-5-9-7-3-6-8(9)4-1;1-3-8-6-5-7-9(8)4-2;1-3-2;;;/h3,6-7H,1-2,4-5H2;6H,3-4,7H2,1-2H3;3H,1H2,2H3;2*1H;/q;;;;;+2/p-2. The second kappa shape index (κ2) is 7.98. The summed E-state index contributed by atoms with van der Waals surface area (Å²) in [5.74, 6) is 0. The van der Waals surface area contributed by atoms with Gasteiger partial charge in [0.1, 0.15) is 0 Å². The summed E-state index contributed by atoms with van der Waals surface area (Å²) in [5, 5.41) is 0. The van der Waals surface area contributed by atoms with E-state index in [1.807, 2.05) is 8.85 Å². The fourth-order valence-corrected chi connectivity index (χ4v) is 22.1. The van der Waals surface area contributed by atoms with E-state index in [-0.39, 0.29) is 24.8 Å². The predicted octanol–water partition coefficient (Wildman–Crippen LogP) is 1.02. The number of hydrogen-bond acceptors (Lipinski definition) is 0. The van der Waals surface area contributed by atoms with Gasteiger partial charge in [-0.3, -0.25) is 0 Å². The zero-order valence-corrected chi connectivity index (χ0v) is 19.3. The van der Waals surface area contributed by atoms with Crippen molar-refractivity contribution >= 4 is 0 Å². The van der Waals surface area contributed by atoms with E-state index >= 15 is 0 Å². The van der Waals surface area contributed by atoms with Gasteiger partial charge in [0.2, 0.25) is 0 Å². The average Bonchev–Trinajstić information content (AvgIpc) is 2.96. The van der Waals surface area contributed by atoms with Crippen LogP contribution in [0.1, 0.15) is 65.7 Å². The SMILES string of the molecule is CCC1=C(CC)C[C]([Zr+2]2([CH]3C=CC4=C3CCCC4)[CH2][CH]2C)=C1.[Cl-].[Cl-]. The summed E-state index contributed by atoms with van der Waals surface area (Å²) in [5.41, 5.74) is 7.14. The van der Waals surface area contributed by atoms with Gasteiger partial charge in [0, 0.05) is 0 Å². The molecular formula is C21H30Cl2Zr. The first-order valence-electron chi connectivity index (χ1n) is 9.52. The molecule has 3 aliphatic carbocycles. The topological polar surface area (TPSA) is 0 Å². The van der Waals surface area contributed by atoms with Crippen molar-refractivity contribution in [3.05, 3.63) is 43.8 Å². The zero-order chi connectivity index (χ0) is 15.3. The molecule has 0 bridgehead atoms. The van der Waals surface area contributed by atoms with Crippen molar-refractivity contribution in [2.24, 2.45) is 0 Å². The monoisotopic (exact) mass is 442 g/mol. The summed E-state index contributed by atoms with van der Waals surface area (Å²) in [6, 6.07) is 0. The molecule has 1 saturated heterocycles. The molecular weight excluding hydrogens is 414 g/mol. The molecule has 0 aromatic rings. The van der Waals surface area contributed by atoms with E-state index in [0.29, 0.717) is 0 Å². The fourth-order valence-electron chi connectivity index (χ4n) is 5.55. The smallest absolute Gasteiger partial charge is 1.00 e. The molecule has 1 heterocycles. The third-order valence-electron chi connectivity index (χ3n) is 6.95. The minimum absolute atomic E-state index is 0. The van der Waals surface area contributed by atoms with E-state index in [1.54, 1.807) is 20.8 Å². The molecule has 3 unspecified atom stereocenters. The van der Waals surface area contributed by atoms with Gasteiger partial charge < -0.3 is 24.8 Å². The van der Waals surface area contributed by atoms with Crippen molar-refractivity contribution in [1.82, 2.24) is 0 Å². The van der Waals surface area contributed by atoms with Gasteiger partial charge in [0.25, 0.3) is 0 Å². The number of halogens is 2. The molecule has 0 nitrogen and oxygen atoms in total. The molecule has 0 spiro atoms. The van der Waals surface area contributed by atoms with Crippen molar-refractivity contribution in [2.45, 2.75) is 77.1 Å². The van der Waals surface area contributed by atoms with Gasteiger partial charge >= 0.3 is 141 Å². The maximum Gasteiger partial charge on any atom is -1.00 e. The van der Waals surface area contributed by atoms with E-state index in [9.17, 15) is 0 Å². The summed E-state index contributed by atoms with van der Waals surface area (Å²) < 4.78 is 5.64. The molecule has 3 atom stereocenters. The summed E-state index contributed by atoms with van der Waals surface area (Å²) in [6.45, 7) is 7.29. The first kappa shape index (κ1) is 20.7. The second-order valence-corrected chi connectivity index (χ2v) is 19.6. The Morgan fingerprint density at radius 1 is 1.08 bits per heavy atom. The molecule has 4 rings (SSSR count). The summed E-state index contributed by atoms with van der Waals surface area (Å²) in [7, 11) is 0. The van der Waals surface area contributed by atoms with E-state index in [4.69, 9.17) is 0 Å². The Kier molecular flexibility index (Phi) is 6.89. The van der Waals surface area contributed by atoms with E-state index in [0.717, 1.165) is 7.25 Å². The Labute approximate surface area is 165 Å². The fraction of sp³-hybridized carbons (Fsp3) is 0.619. The van der Waals surface area contributed by atoms with Crippen LogP contribution >= 0.6 is 0 Å². The van der Waals surface area contributed by atoms with Crippen molar-refractivity contribution in [3.8, 4) is 0 Å². The quantitative estimate of drug-likeness (QED) is 0.608. The molecule has 0 amide bonds. The van der Waals surface area contributed by atoms with Crippen LogP contribution in [0, 0.1) is 0 Å². The molecule has 0 radical (unpaired) electrons. The van der Waals surface area contributed by atoms with Crippen LogP contribution in [-0.2, 0) is 20.3 Å². The molecule has 0 N–H and O–H groups in total. The van der Waals surface area contributed by atoms with Crippen LogP contribution in [0.15, 0.2) is 43.8 Å². The summed E-state index contributed by atoms with van der Waals surface area (Å²) >= 11 is -2.13. The second-order valence-electron chi connectivity index (χ2n) is 7.92. The average molecular weight is 445 g/mol. The first-order chi connectivity index (χ1) is 10.7. The van der Waals surface area contributed by atoms with Gasteiger partial charge in [-0.15, -0.1) is 0 Å². The Morgan fingerprint density at radius 2 is 1.79 bits per heavy atom. The molecule has 24 heavy (non-hydrogen) atoms. The Hall–Kier alpha value is 0.423. The molecule has 1 fully saturated rings. The predicted molar refractivity (Wildman–Crippen MR) is 92.9 cm³/mol. The molecule has 1 aliphatic heterocycles. The molecule has 0 saturated carbocycles. The molecule has 3 heteroatoms. The van der Waals surface area contributed by atoms with Crippen LogP contribution in [0.3, 0.4) is 0 Å². The van der Waals surface area contributed by atoms with Crippen LogP contribution in [-0.4, -0.2) is 0 Å². The van der Waals surface area contributed by atoms with E-state index in [1.165, 1.54) is 44.9 Å². The zero-order valence-electron chi connectivity index (χ0n) is 15.3. The van der Waals surface area contributed by atoms with Crippen LogP contribution in [0.5, 0.6) is 0 Å². The van der Waals surface area contributed by atoms with E-state index in [2.05, 4.69) is 39.0 Å². The molecule has 0 aromatic heterocycles. The van der Waals surface area contributed by atoms with Gasteiger partial charge in [0.05, 0.1) is 0 Å². The van der Waals surface area contributed by atoms with Gasteiger partial charge in [-0.1, -0.05) is 0 Å². The van der Waals surface area contributed by atoms with Crippen LogP contribution in [0.2, 0.25) is 11.4 Å². The van der Waals surface area contributed by atoms with E-state index < -0.39 is 20.3 Å². The van der Waals surface area contributed by atoms with Gasteiger partial charge in [-0.05, 0) is 0 Å². The van der Waals surface area contributed by atoms with Crippen molar-refractivity contribution in [1.29, 1.82) is 0 Å². The maximum atomic E-state index is 2.70. The largest absolute Gasteiger partial charge is 1.00 e. The Bertz CT molecular complexity index is 626. The third-order valence-corrected chi connectivity index (χ3v) is 21.4. The summed E-state index contributed by atoms with van der Waals surface area (Å²) in [6.07, 6.45) is 17.5. The van der Waals surface area contributed by atoms with Gasteiger partial charge in [0.15, 0.2) is 0 Å². The van der Waals surface area contributed by atoms with Crippen molar-refractivity contribution in [2.75, 3.05) is 0 Å². The molecule has 4 aliphatic rings. The normalized spacial score (nSPS) is 31.2. The van der Waals surface area contributed by atoms with Crippen LogP contribution < -0.4 is 24.8 Å². The van der Waals surface area contributed by atoms with Crippen LogP contribution in [0.4, 0.5) is 0 Å². The van der Waals surface area contributed by atoms with Crippen molar-refractivity contribution < 1.29 is 45.1 Å². The van der Waals surface area contributed by atoms with Crippen LogP contribution in [0.25, 0.3) is 0 Å². The minimum Gasteiger partial charge on any atom is -1.00 e. The molecule has 0 aromatic carbocycles. The van der Waals surface area contributed by atoms with Gasteiger partial charge in [-0.2, -0.15) is 0 Å². The minimum atomic E-state index is -2.13. The number of allylic oxidation sites excluding steroid dienone is 8. The summed E-state index contributed by atoms with van der Waals surface area (Å²) in [4.78, 5) is 0. The first-order valence-corrected chi connectivity index (χ1v) is 15.3. The Morgan fingerprint density at radius 3 is 2.38 bits per heavy atom. The maximum absolute atomic E-state index is 2.70. The number of hydrogen-bond donors (Lipinski definition) is 0. The number of rotatable bonds is 4. The Balaban J connectivity index is 0.00000104.